The average Bonchev–Trinajstić information content (AvgIpc) is 3.10. The smallest absolute Gasteiger partial charge is 0.404 e. The Kier molecular flexibility index (Phi) is 8.38. The molecular weight excluding hydrogens is 511 g/mol. The van der Waals surface area contributed by atoms with Crippen LogP contribution in [0.5, 0.6) is 0 Å². The molecule has 1 heterocycles. The van der Waals surface area contributed by atoms with Crippen LogP contribution in [0.3, 0.4) is 0 Å². The highest BCUT2D eigenvalue weighted by atomic mass is 28.4. The van der Waals surface area contributed by atoms with Crippen molar-refractivity contribution in [1.82, 2.24) is 0 Å². The molecule has 3 aromatic carbocycles. The molecule has 3 nitrogen and oxygen atoms in total. The van der Waals surface area contributed by atoms with Crippen molar-refractivity contribution >= 4 is 39.1 Å². The van der Waals surface area contributed by atoms with Crippen LogP contribution in [0.15, 0.2) is 102 Å². The fourth-order valence-electron chi connectivity index (χ4n) is 5.55. The van der Waals surface area contributed by atoms with Crippen LogP contribution in [0.4, 0.5) is 0 Å². The molecule has 0 unspecified atom stereocenters. The summed E-state index contributed by atoms with van der Waals surface area (Å²) >= 11 is 0. The second-order valence-electron chi connectivity index (χ2n) is 13.3. The Morgan fingerprint density at radius 3 is 1.49 bits per heavy atom. The van der Waals surface area contributed by atoms with E-state index in [9.17, 15) is 0 Å². The maximum absolute atomic E-state index is 7.44. The van der Waals surface area contributed by atoms with Gasteiger partial charge in [0.1, 0.15) is 8.07 Å². The van der Waals surface area contributed by atoms with Crippen molar-refractivity contribution in [2.45, 2.75) is 77.8 Å². The number of hydrogen-bond donors (Lipinski definition) is 0. The van der Waals surface area contributed by atoms with Crippen LogP contribution < -0.4 is 15.6 Å². The maximum Gasteiger partial charge on any atom is 0.486 e. The SMILES string of the molecule is CC1(C)OB(/C=C(/CO[Si](c2ccccc2)(c2ccccc2)C(C)(C)C)[Si](C)(C)c2ccccc2)OC1(C)C. The summed E-state index contributed by atoms with van der Waals surface area (Å²) in [5.41, 5.74) is -0.785. The summed E-state index contributed by atoms with van der Waals surface area (Å²) in [5, 5.41) is 5.15. The third-order valence-electron chi connectivity index (χ3n) is 8.77. The van der Waals surface area contributed by atoms with Crippen LogP contribution >= 0.6 is 0 Å². The molecular formula is C33H45BO3Si2. The van der Waals surface area contributed by atoms with Gasteiger partial charge in [-0.3, -0.25) is 0 Å². The molecule has 0 bridgehead atoms. The molecule has 1 aliphatic rings. The summed E-state index contributed by atoms with van der Waals surface area (Å²) in [6, 6.07) is 32.6. The topological polar surface area (TPSA) is 27.7 Å². The van der Waals surface area contributed by atoms with E-state index in [4.69, 9.17) is 13.7 Å². The Morgan fingerprint density at radius 2 is 1.10 bits per heavy atom. The second kappa shape index (κ2) is 11.0. The van der Waals surface area contributed by atoms with Crippen LogP contribution in [0.1, 0.15) is 48.5 Å². The van der Waals surface area contributed by atoms with Gasteiger partial charge in [0.05, 0.1) is 17.8 Å². The summed E-state index contributed by atoms with van der Waals surface area (Å²) in [7, 11) is -5.25. The van der Waals surface area contributed by atoms with Gasteiger partial charge in [0.15, 0.2) is 0 Å². The van der Waals surface area contributed by atoms with Gasteiger partial charge in [0.2, 0.25) is 0 Å². The van der Waals surface area contributed by atoms with Gasteiger partial charge in [0.25, 0.3) is 8.32 Å². The zero-order valence-electron chi connectivity index (χ0n) is 25.2. The first kappa shape index (κ1) is 29.8. The van der Waals surface area contributed by atoms with Crippen LogP contribution in [0, 0.1) is 0 Å². The lowest BCUT2D eigenvalue weighted by atomic mass is 9.90. The molecule has 1 aliphatic heterocycles. The van der Waals surface area contributed by atoms with Crippen molar-refractivity contribution in [1.29, 1.82) is 0 Å². The Hall–Kier alpha value is -2.22. The van der Waals surface area contributed by atoms with Crippen molar-refractivity contribution in [2.75, 3.05) is 6.61 Å². The molecule has 3 aromatic rings. The summed E-state index contributed by atoms with van der Waals surface area (Å²) in [5.74, 6) is 2.23. The largest absolute Gasteiger partial charge is 0.486 e. The van der Waals surface area contributed by atoms with E-state index in [1.165, 1.54) is 20.8 Å². The Morgan fingerprint density at radius 1 is 0.718 bits per heavy atom. The molecule has 39 heavy (non-hydrogen) atoms. The molecule has 0 radical (unpaired) electrons. The highest BCUT2D eigenvalue weighted by Gasteiger charge is 2.52. The summed E-state index contributed by atoms with van der Waals surface area (Å²) in [6.45, 7) is 20.8. The van der Waals surface area contributed by atoms with Crippen LogP contribution in [0.2, 0.25) is 18.1 Å². The molecule has 0 aliphatic carbocycles. The van der Waals surface area contributed by atoms with Gasteiger partial charge in [-0.25, -0.2) is 0 Å². The fourth-order valence-corrected chi connectivity index (χ4v) is 12.6. The fraction of sp³-hybridized carbons (Fsp3) is 0.394. The first-order valence-corrected chi connectivity index (χ1v) is 19.0. The minimum Gasteiger partial charge on any atom is -0.404 e. The molecule has 0 N–H and O–H groups in total. The molecule has 0 spiro atoms. The Labute approximate surface area is 238 Å². The lowest BCUT2D eigenvalue weighted by Crippen LogP contribution is -2.67. The molecule has 1 saturated heterocycles. The Bertz CT molecular complexity index is 1210. The van der Waals surface area contributed by atoms with E-state index in [1.54, 1.807) is 0 Å². The van der Waals surface area contributed by atoms with Gasteiger partial charge < -0.3 is 13.7 Å². The number of rotatable bonds is 8. The highest BCUT2D eigenvalue weighted by molar-refractivity contribution is 7.00. The molecule has 6 heteroatoms. The predicted octanol–water partition coefficient (Wildman–Crippen LogP) is 6.28. The zero-order valence-corrected chi connectivity index (χ0v) is 27.2. The second-order valence-corrected chi connectivity index (χ2v) is 22.0. The lowest BCUT2D eigenvalue weighted by molar-refractivity contribution is 0.00578. The zero-order chi connectivity index (χ0) is 28.5. The minimum atomic E-state index is -2.70. The van der Waals surface area contributed by atoms with Crippen molar-refractivity contribution < 1.29 is 13.7 Å². The normalized spacial score (nSPS) is 17.9. The van der Waals surface area contributed by atoms with E-state index in [1.807, 2.05) is 0 Å². The third-order valence-corrected chi connectivity index (χ3v) is 17.4. The van der Waals surface area contributed by atoms with Gasteiger partial charge >= 0.3 is 7.12 Å². The molecule has 0 aromatic heterocycles. The first-order valence-electron chi connectivity index (χ1n) is 14.1. The highest BCUT2D eigenvalue weighted by Crippen LogP contribution is 2.39. The van der Waals surface area contributed by atoms with E-state index in [-0.39, 0.29) is 5.04 Å². The molecule has 0 atom stereocenters. The summed E-state index contributed by atoms with van der Waals surface area (Å²) < 4.78 is 20.4. The van der Waals surface area contributed by atoms with Crippen molar-refractivity contribution in [3.63, 3.8) is 0 Å². The summed E-state index contributed by atoms with van der Waals surface area (Å²) in [4.78, 5) is 0. The van der Waals surface area contributed by atoms with Gasteiger partial charge in [-0.1, -0.05) is 141 Å². The monoisotopic (exact) mass is 556 g/mol. The third kappa shape index (κ3) is 5.82. The number of benzene rings is 3. The van der Waals surface area contributed by atoms with E-state index in [0.29, 0.717) is 6.61 Å². The predicted molar refractivity (Wildman–Crippen MR) is 171 cm³/mol. The van der Waals surface area contributed by atoms with E-state index in [0.717, 1.165) is 0 Å². The van der Waals surface area contributed by atoms with Gasteiger partial charge in [-0.05, 0) is 43.1 Å². The first-order chi connectivity index (χ1) is 18.2. The van der Waals surface area contributed by atoms with E-state index < -0.39 is 34.7 Å². The molecule has 206 valence electrons. The van der Waals surface area contributed by atoms with E-state index in [2.05, 4.69) is 159 Å². The van der Waals surface area contributed by atoms with Crippen LogP contribution in [-0.4, -0.2) is 41.3 Å². The summed E-state index contributed by atoms with van der Waals surface area (Å²) in [6.07, 6.45) is 0. The van der Waals surface area contributed by atoms with Crippen LogP contribution in [-0.2, 0) is 13.7 Å². The van der Waals surface area contributed by atoms with Gasteiger partial charge in [-0.15, -0.1) is 0 Å². The van der Waals surface area contributed by atoms with Crippen LogP contribution in [0.25, 0.3) is 0 Å². The maximum atomic E-state index is 7.44. The lowest BCUT2D eigenvalue weighted by Gasteiger charge is -2.44. The van der Waals surface area contributed by atoms with Gasteiger partial charge in [0, 0.05) is 0 Å². The molecule has 4 rings (SSSR count). The van der Waals surface area contributed by atoms with Crippen molar-refractivity contribution in [2.24, 2.45) is 0 Å². The molecule has 0 amide bonds. The van der Waals surface area contributed by atoms with E-state index >= 15 is 0 Å². The standard InChI is InChI=1S/C33H45BO3Si2/c1-31(2,3)39(28-21-15-11-16-22-28,29-23-17-12-18-24-29)35-26-30(38(8,9)27-19-13-10-14-20-27)25-34-36-32(4,5)33(6,7)37-34/h10-25H,26H2,1-9H3/b30-25-. The minimum absolute atomic E-state index is 0.0936. The van der Waals surface area contributed by atoms with Crippen molar-refractivity contribution in [3.05, 3.63) is 102 Å². The number of hydrogen-bond acceptors (Lipinski definition) is 3. The quantitative estimate of drug-likeness (QED) is 0.306. The van der Waals surface area contributed by atoms with Gasteiger partial charge in [-0.2, -0.15) is 0 Å². The van der Waals surface area contributed by atoms with Crippen molar-refractivity contribution in [3.8, 4) is 0 Å². The Balaban J connectivity index is 1.83. The molecule has 1 fully saturated rings. The molecule has 0 saturated carbocycles. The average molecular weight is 557 g/mol.